The number of carbonyl (C=O) groups is 2. The number of nitrogens with one attached hydrogen (secondary N) is 2. The molecule has 1 aromatic heterocycles. The molecule has 0 spiro atoms. The summed E-state index contributed by atoms with van der Waals surface area (Å²) in [5.41, 5.74) is 1.85. The summed E-state index contributed by atoms with van der Waals surface area (Å²) in [6.45, 7) is 5.89. The predicted octanol–water partition coefficient (Wildman–Crippen LogP) is 2.92. The van der Waals surface area contributed by atoms with Crippen molar-refractivity contribution >= 4 is 28.3 Å². The molecule has 1 saturated heterocycles. The number of carbonyl (C=O) groups excluding carboxylic acids is 2. The largest absolute Gasteiger partial charge is 0.351 e. The summed E-state index contributed by atoms with van der Waals surface area (Å²) in [5.74, 6) is -0.408. The molecule has 2 amide bonds. The Morgan fingerprint density at radius 3 is 2.73 bits per heavy atom. The second kappa shape index (κ2) is 8.91. The maximum absolute atomic E-state index is 12.3. The van der Waals surface area contributed by atoms with Crippen LogP contribution < -0.4 is 10.6 Å². The number of aromatic nitrogens is 1. The van der Waals surface area contributed by atoms with E-state index in [1.807, 2.05) is 25.1 Å². The molecular weight excluding hydrogens is 348 g/mol. The van der Waals surface area contributed by atoms with Crippen molar-refractivity contribution in [1.82, 2.24) is 15.2 Å². The molecule has 2 aromatic rings. The van der Waals surface area contributed by atoms with E-state index in [1.165, 1.54) is 37.3 Å². The highest BCUT2D eigenvalue weighted by molar-refractivity contribution is 7.14. The lowest BCUT2D eigenvalue weighted by Crippen LogP contribution is -2.28. The average Bonchev–Trinajstić information content (AvgIpc) is 3.31. The SMILES string of the molecule is Cc1ccccc1C(=O)Nc1nc(C(=O)NCCCN2CCCC2)cs1. The maximum Gasteiger partial charge on any atom is 0.270 e. The number of amides is 2. The van der Waals surface area contributed by atoms with Gasteiger partial charge in [0, 0.05) is 17.5 Å². The molecule has 6 nitrogen and oxygen atoms in total. The van der Waals surface area contributed by atoms with Crippen LogP contribution in [0.5, 0.6) is 0 Å². The summed E-state index contributed by atoms with van der Waals surface area (Å²) in [4.78, 5) is 31.1. The molecule has 1 aromatic carbocycles. The highest BCUT2D eigenvalue weighted by atomic mass is 32.1. The third kappa shape index (κ3) is 4.89. The van der Waals surface area contributed by atoms with Crippen LogP contribution in [0.15, 0.2) is 29.6 Å². The molecule has 0 bridgehead atoms. The van der Waals surface area contributed by atoms with Gasteiger partial charge in [-0.3, -0.25) is 14.9 Å². The minimum atomic E-state index is -0.213. The van der Waals surface area contributed by atoms with Gasteiger partial charge in [0.25, 0.3) is 11.8 Å². The van der Waals surface area contributed by atoms with Crippen LogP contribution in [0.3, 0.4) is 0 Å². The van der Waals surface area contributed by atoms with E-state index in [0.717, 1.165) is 18.5 Å². The summed E-state index contributed by atoms with van der Waals surface area (Å²) in [7, 11) is 0. The molecule has 2 N–H and O–H groups in total. The van der Waals surface area contributed by atoms with E-state index in [4.69, 9.17) is 0 Å². The lowest BCUT2D eigenvalue weighted by atomic mass is 10.1. The quantitative estimate of drug-likeness (QED) is 0.733. The van der Waals surface area contributed by atoms with E-state index >= 15 is 0 Å². The smallest absolute Gasteiger partial charge is 0.270 e. The van der Waals surface area contributed by atoms with Gasteiger partial charge in [0.2, 0.25) is 0 Å². The van der Waals surface area contributed by atoms with Gasteiger partial charge in [-0.15, -0.1) is 11.3 Å². The van der Waals surface area contributed by atoms with E-state index in [9.17, 15) is 9.59 Å². The zero-order valence-electron chi connectivity index (χ0n) is 15.0. The molecular formula is C19H24N4O2S. The maximum atomic E-state index is 12.3. The number of likely N-dealkylation sites (tertiary alicyclic amines) is 1. The normalized spacial score (nSPS) is 14.3. The molecule has 0 saturated carbocycles. The van der Waals surface area contributed by atoms with Crippen LogP contribution in [-0.4, -0.2) is 47.9 Å². The van der Waals surface area contributed by atoms with E-state index in [1.54, 1.807) is 11.4 Å². The Balaban J connectivity index is 1.46. The minimum absolute atomic E-state index is 0.195. The minimum Gasteiger partial charge on any atom is -0.351 e. The Morgan fingerprint density at radius 2 is 1.96 bits per heavy atom. The van der Waals surface area contributed by atoms with Crippen molar-refractivity contribution in [2.24, 2.45) is 0 Å². The summed E-state index contributed by atoms with van der Waals surface area (Å²) in [6.07, 6.45) is 3.50. The monoisotopic (exact) mass is 372 g/mol. The first kappa shape index (κ1) is 18.5. The third-order valence-electron chi connectivity index (χ3n) is 4.48. The van der Waals surface area contributed by atoms with Gasteiger partial charge in [0.05, 0.1) is 0 Å². The van der Waals surface area contributed by atoms with Crippen molar-refractivity contribution in [3.05, 3.63) is 46.5 Å². The Morgan fingerprint density at radius 1 is 1.19 bits per heavy atom. The fourth-order valence-corrected chi connectivity index (χ4v) is 3.71. The molecule has 1 aliphatic rings. The van der Waals surface area contributed by atoms with Gasteiger partial charge in [0.1, 0.15) is 5.69 Å². The molecule has 3 rings (SSSR count). The number of anilines is 1. The first-order valence-corrected chi connectivity index (χ1v) is 9.84. The molecule has 0 atom stereocenters. The van der Waals surface area contributed by atoms with Gasteiger partial charge < -0.3 is 10.2 Å². The van der Waals surface area contributed by atoms with Crippen LogP contribution in [0.4, 0.5) is 5.13 Å². The fourth-order valence-electron chi connectivity index (χ4n) is 3.03. The van der Waals surface area contributed by atoms with Gasteiger partial charge in [-0.05, 0) is 57.5 Å². The van der Waals surface area contributed by atoms with Crippen molar-refractivity contribution < 1.29 is 9.59 Å². The molecule has 0 unspecified atom stereocenters. The first-order valence-electron chi connectivity index (χ1n) is 8.96. The number of benzene rings is 1. The number of rotatable bonds is 7. The molecule has 138 valence electrons. The Labute approximate surface area is 157 Å². The molecule has 0 aliphatic carbocycles. The van der Waals surface area contributed by atoms with Crippen LogP contribution in [0, 0.1) is 6.92 Å². The predicted molar refractivity (Wildman–Crippen MR) is 104 cm³/mol. The molecule has 1 fully saturated rings. The second-order valence-electron chi connectivity index (χ2n) is 6.47. The zero-order chi connectivity index (χ0) is 18.4. The van der Waals surface area contributed by atoms with E-state index in [2.05, 4.69) is 20.5 Å². The average molecular weight is 372 g/mol. The highest BCUT2D eigenvalue weighted by Crippen LogP contribution is 2.17. The van der Waals surface area contributed by atoms with Crippen molar-refractivity contribution in [3.8, 4) is 0 Å². The van der Waals surface area contributed by atoms with Crippen LogP contribution in [0.1, 0.15) is 45.7 Å². The molecule has 26 heavy (non-hydrogen) atoms. The number of hydrogen-bond donors (Lipinski definition) is 2. The van der Waals surface area contributed by atoms with Gasteiger partial charge in [-0.2, -0.15) is 0 Å². The van der Waals surface area contributed by atoms with E-state index in [-0.39, 0.29) is 11.8 Å². The standard InChI is InChI=1S/C19H24N4O2S/c1-14-7-2-3-8-15(14)17(24)22-19-21-16(13-26-19)18(25)20-9-6-12-23-10-4-5-11-23/h2-3,7-8,13H,4-6,9-12H2,1H3,(H,20,25)(H,21,22,24). The molecule has 1 aliphatic heterocycles. The van der Waals surface area contributed by atoms with Gasteiger partial charge in [-0.1, -0.05) is 18.2 Å². The second-order valence-corrected chi connectivity index (χ2v) is 7.32. The van der Waals surface area contributed by atoms with Crippen LogP contribution in [0.2, 0.25) is 0 Å². The van der Waals surface area contributed by atoms with E-state index < -0.39 is 0 Å². The number of thiazole rings is 1. The van der Waals surface area contributed by atoms with Crippen molar-refractivity contribution in [1.29, 1.82) is 0 Å². The van der Waals surface area contributed by atoms with Crippen molar-refractivity contribution in [3.63, 3.8) is 0 Å². The highest BCUT2D eigenvalue weighted by Gasteiger charge is 2.15. The number of nitrogens with zero attached hydrogens (tertiary/aromatic N) is 2. The van der Waals surface area contributed by atoms with E-state index in [0.29, 0.717) is 22.9 Å². The van der Waals surface area contributed by atoms with Crippen LogP contribution >= 0.6 is 11.3 Å². The van der Waals surface area contributed by atoms with Crippen LogP contribution in [0.25, 0.3) is 0 Å². The Bertz CT molecular complexity index is 768. The Hall–Kier alpha value is -2.25. The molecule has 0 radical (unpaired) electrons. The molecule has 7 heteroatoms. The van der Waals surface area contributed by atoms with Gasteiger partial charge in [0.15, 0.2) is 5.13 Å². The lowest BCUT2D eigenvalue weighted by molar-refractivity contribution is 0.0946. The molecule has 2 heterocycles. The Kier molecular flexibility index (Phi) is 6.35. The number of hydrogen-bond acceptors (Lipinski definition) is 5. The summed E-state index contributed by atoms with van der Waals surface area (Å²) >= 11 is 1.25. The number of aryl methyl sites for hydroxylation is 1. The van der Waals surface area contributed by atoms with Gasteiger partial charge >= 0.3 is 0 Å². The third-order valence-corrected chi connectivity index (χ3v) is 5.24. The first-order chi connectivity index (χ1) is 12.6. The fraction of sp³-hybridized carbons (Fsp3) is 0.421. The summed E-state index contributed by atoms with van der Waals surface area (Å²) in [6, 6.07) is 7.37. The van der Waals surface area contributed by atoms with Gasteiger partial charge in [-0.25, -0.2) is 4.98 Å². The lowest BCUT2D eigenvalue weighted by Gasteiger charge is -2.13. The topological polar surface area (TPSA) is 74.3 Å². The van der Waals surface area contributed by atoms with Crippen molar-refractivity contribution in [2.45, 2.75) is 26.2 Å². The van der Waals surface area contributed by atoms with Crippen LogP contribution in [-0.2, 0) is 0 Å². The summed E-state index contributed by atoms with van der Waals surface area (Å²) < 4.78 is 0. The zero-order valence-corrected chi connectivity index (χ0v) is 15.8. The van der Waals surface area contributed by atoms with Crippen molar-refractivity contribution in [2.75, 3.05) is 31.5 Å². The summed E-state index contributed by atoms with van der Waals surface area (Å²) in [5, 5.41) is 7.76.